The van der Waals surface area contributed by atoms with Crippen LogP contribution in [0.4, 0.5) is 4.39 Å². The molecule has 0 radical (unpaired) electrons. The molecule has 1 aromatic carbocycles. The number of hydrogen-bond donors (Lipinski definition) is 1. The first-order valence-electron chi connectivity index (χ1n) is 6.46. The highest BCUT2D eigenvalue weighted by Crippen LogP contribution is 2.55. The molecule has 3 nitrogen and oxygen atoms in total. The zero-order chi connectivity index (χ0) is 13.0. The first-order valence-corrected chi connectivity index (χ1v) is 6.83. The monoisotopic (exact) mass is 277 g/mol. The van der Waals surface area contributed by atoms with Gasteiger partial charge in [0.2, 0.25) is 0 Å². The molecule has 1 aliphatic carbocycles. The third kappa shape index (κ3) is 1.78. The highest BCUT2D eigenvalue weighted by molar-refractivity contribution is 6.32. The maximum atomic E-state index is 13.0. The predicted octanol–water partition coefficient (Wildman–Crippen LogP) is 2.60. The molecule has 1 aromatic heterocycles. The van der Waals surface area contributed by atoms with E-state index in [0.29, 0.717) is 10.9 Å². The van der Waals surface area contributed by atoms with Crippen molar-refractivity contribution in [3.8, 4) is 5.69 Å². The van der Waals surface area contributed by atoms with Gasteiger partial charge in [-0.05, 0) is 49.2 Å². The van der Waals surface area contributed by atoms with Crippen molar-refractivity contribution < 1.29 is 4.39 Å². The van der Waals surface area contributed by atoms with Crippen LogP contribution in [0.5, 0.6) is 0 Å². The number of halogens is 2. The first-order chi connectivity index (χ1) is 9.24. The number of nitrogens with one attached hydrogen (secondary N) is 1. The van der Waals surface area contributed by atoms with Gasteiger partial charge in [-0.3, -0.25) is 0 Å². The molecule has 98 valence electrons. The van der Waals surface area contributed by atoms with E-state index in [4.69, 9.17) is 11.6 Å². The molecule has 2 aliphatic rings. The highest BCUT2D eigenvalue weighted by Gasteiger charge is 2.54. The van der Waals surface area contributed by atoms with Crippen LogP contribution >= 0.6 is 11.6 Å². The largest absolute Gasteiger partial charge is 0.316 e. The van der Waals surface area contributed by atoms with Gasteiger partial charge < -0.3 is 5.32 Å². The average Bonchev–Trinajstić information content (AvgIpc) is 2.82. The van der Waals surface area contributed by atoms with E-state index < -0.39 is 0 Å². The number of nitrogens with zero attached hydrogens (tertiary/aromatic N) is 2. The van der Waals surface area contributed by atoms with E-state index >= 15 is 0 Å². The molecule has 1 aliphatic heterocycles. The van der Waals surface area contributed by atoms with Gasteiger partial charge in [0, 0.05) is 12.1 Å². The molecule has 2 aromatic rings. The third-order valence-electron chi connectivity index (χ3n) is 4.20. The fraction of sp³-hybridized carbons (Fsp3) is 0.357. The summed E-state index contributed by atoms with van der Waals surface area (Å²) in [6, 6.07) is 6.42. The average molecular weight is 278 g/mol. The second-order valence-electron chi connectivity index (χ2n) is 5.29. The Morgan fingerprint density at radius 2 is 2.05 bits per heavy atom. The Morgan fingerprint density at radius 1 is 1.26 bits per heavy atom. The molecule has 0 amide bonds. The van der Waals surface area contributed by atoms with Gasteiger partial charge in [-0.1, -0.05) is 11.6 Å². The van der Waals surface area contributed by atoms with Crippen LogP contribution in [0.15, 0.2) is 30.5 Å². The topological polar surface area (TPSA) is 29.9 Å². The Kier molecular flexibility index (Phi) is 2.44. The number of aromatic nitrogens is 2. The van der Waals surface area contributed by atoms with Crippen molar-refractivity contribution in [2.24, 2.45) is 11.8 Å². The number of rotatable bonds is 2. The lowest BCUT2D eigenvalue weighted by molar-refractivity contribution is 0.627. The van der Waals surface area contributed by atoms with E-state index in [1.165, 1.54) is 12.1 Å². The predicted molar refractivity (Wildman–Crippen MR) is 71.1 cm³/mol. The second-order valence-corrected chi connectivity index (χ2v) is 5.70. The minimum absolute atomic E-state index is 0.330. The van der Waals surface area contributed by atoms with E-state index in [0.717, 1.165) is 36.3 Å². The zero-order valence-corrected chi connectivity index (χ0v) is 10.9. The van der Waals surface area contributed by atoms with Crippen LogP contribution in [0.25, 0.3) is 5.69 Å². The minimum atomic E-state index is -0.330. The van der Waals surface area contributed by atoms with Crippen LogP contribution in [0.1, 0.15) is 11.6 Å². The smallest absolute Gasteiger partial charge is 0.124 e. The third-order valence-corrected chi connectivity index (χ3v) is 4.50. The summed E-state index contributed by atoms with van der Waals surface area (Å²) in [5, 5.41) is 8.36. The standard InChI is InChI=1S/C14H13ClFN3/c15-11-5-8(16)1-2-13(11)19-4-3-12(18-19)14-9-6-17-7-10(9)14/h1-5,9-10,14,17H,6-7H2/t9-,10+,14+. The molecule has 1 N–H and O–H groups in total. The maximum Gasteiger partial charge on any atom is 0.124 e. The lowest BCUT2D eigenvalue weighted by atomic mass is 10.2. The molecular weight excluding hydrogens is 265 g/mol. The van der Waals surface area contributed by atoms with E-state index in [-0.39, 0.29) is 5.82 Å². The zero-order valence-electron chi connectivity index (χ0n) is 10.2. The molecule has 0 bridgehead atoms. The number of benzene rings is 1. The van der Waals surface area contributed by atoms with Crippen molar-refractivity contribution in [1.29, 1.82) is 0 Å². The molecule has 3 atom stereocenters. The lowest BCUT2D eigenvalue weighted by Gasteiger charge is -2.04. The van der Waals surface area contributed by atoms with E-state index in [2.05, 4.69) is 10.4 Å². The molecule has 0 spiro atoms. The van der Waals surface area contributed by atoms with E-state index in [1.54, 1.807) is 10.7 Å². The van der Waals surface area contributed by atoms with Gasteiger partial charge in [-0.25, -0.2) is 9.07 Å². The molecule has 19 heavy (non-hydrogen) atoms. The van der Waals surface area contributed by atoms with E-state index in [1.807, 2.05) is 12.3 Å². The Hall–Kier alpha value is -1.39. The van der Waals surface area contributed by atoms with Crippen LogP contribution in [0, 0.1) is 17.7 Å². The molecule has 0 unspecified atom stereocenters. The van der Waals surface area contributed by atoms with Crippen LogP contribution in [-0.4, -0.2) is 22.9 Å². The van der Waals surface area contributed by atoms with E-state index in [9.17, 15) is 4.39 Å². The van der Waals surface area contributed by atoms with Crippen molar-refractivity contribution in [2.45, 2.75) is 5.92 Å². The van der Waals surface area contributed by atoms with Crippen LogP contribution in [0.2, 0.25) is 5.02 Å². The molecule has 2 heterocycles. The normalized spacial score (nSPS) is 28.4. The lowest BCUT2D eigenvalue weighted by Crippen LogP contribution is -2.14. The fourth-order valence-corrected chi connectivity index (χ4v) is 3.43. The summed E-state index contributed by atoms with van der Waals surface area (Å²) < 4.78 is 14.8. The Balaban J connectivity index is 1.64. The maximum absolute atomic E-state index is 13.0. The van der Waals surface area contributed by atoms with Crippen molar-refractivity contribution in [2.75, 3.05) is 13.1 Å². The summed E-state index contributed by atoms with van der Waals surface area (Å²) in [6.45, 7) is 2.19. The molecular formula is C14H13ClFN3. The van der Waals surface area contributed by atoms with Crippen molar-refractivity contribution in [3.63, 3.8) is 0 Å². The fourth-order valence-electron chi connectivity index (χ4n) is 3.17. The van der Waals surface area contributed by atoms with Gasteiger partial charge in [-0.2, -0.15) is 5.10 Å². The Morgan fingerprint density at radius 3 is 2.79 bits per heavy atom. The molecule has 1 saturated carbocycles. The summed E-state index contributed by atoms with van der Waals surface area (Å²) in [5.41, 5.74) is 1.84. The molecule has 2 fully saturated rings. The van der Waals surface area contributed by atoms with Gasteiger partial charge in [0.15, 0.2) is 0 Å². The number of hydrogen-bond acceptors (Lipinski definition) is 2. The highest BCUT2D eigenvalue weighted by atomic mass is 35.5. The minimum Gasteiger partial charge on any atom is -0.316 e. The van der Waals surface area contributed by atoms with Crippen LogP contribution in [-0.2, 0) is 0 Å². The SMILES string of the molecule is Fc1ccc(-n2ccc([C@H]3[C@@H]4CNC[C@@H]43)n2)c(Cl)c1. The quantitative estimate of drug-likeness (QED) is 0.914. The Labute approximate surface area is 115 Å². The van der Waals surface area contributed by atoms with Crippen molar-refractivity contribution in [3.05, 3.63) is 47.0 Å². The molecule has 1 saturated heterocycles. The van der Waals surface area contributed by atoms with Gasteiger partial charge in [-0.15, -0.1) is 0 Å². The Bertz CT molecular complexity index is 629. The van der Waals surface area contributed by atoms with Gasteiger partial charge in [0.25, 0.3) is 0 Å². The summed E-state index contributed by atoms with van der Waals surface area (Å²) in [6.07, 6.45) is 1.90. The van der Waals surface area contributed by atoms with Gasteiger partial charge >= 0.3 is 0 Å². The number of fused-ring (bicyclic) bond motifs is 1. The van der Waals surface area contributed by atoms with Crippen LogP contribution < -0.4 is 5.32 Å². The summed E-state index contributed by atoms with van der Waals surface area (Å²) in [4.78, 5) is 0. The number of piperidine rings is 1. The summed E-state index contributed by atoms with van der Waals surface area (Å²) in [7, 11) is 0. The van der Waals surface area contributed by atoms with Crippen molar-refractivity contribution >= 4 is 11.6 Å². The summed E-state index contributed by atoms with van der Waals surface area (Å²) in [5.74, 6) is 1.74. The first kappa shape index (κ1) is 11.4. The molecule has 5 heteroatoms. The summed E-state index contributed by atoms with van der Waals surface area (Å²) >= 11 is 6.05. The van der Waals surface area contributed by atoms with Gasteiger partial charge in [0.1, 0.15) is 5.82 Å². The molecule has 4 rings (SSSR count). The van der Waals surface area contributed by atoms with Gasteiger partial charge in [0.05, 0.1) is 16.4 Å². The second kappa shape index (κ2) is 4.05. The van der Waals surface area contributed by atoms with Crippen LogP contribution in [0.3, 0.4) is 0 Å². The van der Waals surface area contributed by atoms with Crippen molar-refractivity contribution in [1.82, 2.24) is 15.1 Å².